The van der Waals surface area contributed by atoms with Gasteiger partial charge >= 0.3 is 6.18 Å². The van der Waals surface area contributed by atoms with E-state index in [2.05, 4.69) is 10.3 Å². The van der Waals surface area contributed by atoms with Crippen LogP contribution in [0.15, 0.2) is 18.3 Å². The van der Waals surface area contributed by atoms with E-state index in [-0.39, 0.29) is 12.0 Å². The molecule has 1 rings (SSSR count). The molecule has 1 atom stereocenters. The summed E-state index contributed by atoms with van der Waals surface area (Å²) >= 11 is 0. The number of halogens is 3. The van der Waals surface area contributed by atoms with Crippen LogP contribution >= 0.6 is 0 Å². The third-order valence-corrected chi connectivity index (χ3v) is 1.88. The Kier molecular flexibility index (Phi) is 4.12. The minimum atomic E-state index is -4.36. The van der Waals surface area contributed by atoms with Crippen molar-refractivity contribution in [1.29, 1.82) is 0 Å². The maximum Gasteiger partial charge on any atom is 0.417 e. The Hall–Kier alpha value is -1.30. The zero-order valence-corrected chi connectivity index (χ0v) is 9.01. The van der Waals surface area contributed by atoms with Crippen molar-refractivity contribution in [3.8, 4) is 5.88 Å². The van der Waals surface area contributed by atoms with Gasteiger partial charge in [-0.05, 0) is 20.0 Å². The van der Waals surface area contributed by atoms with Gasteiger partial charge in [-0.25, -0.2) is 4.98 Å². The van der Waals surface area contributed by atoms with Crippen LogP contribution in [0.1, 0.15) is 12.5 Å². The van der Waals surface area contributed by atoms with Gasteiger partial charge in [-0.3, -0.25) is 0 Å². The fourth-order valence-electron chi connectivity index (χ4n) is 1.15. The quantitative estimate of drug-likeness (QED) is 0.866. The number of rotatable bonds is 4. The van der Waals surface area contributed by atoms with Gasteiger partial charge < -0.3 is 10.1 Å². The Morgan fingerprint density at radius 3 is 2.56 bits per heavy atom. The van der Waals surface area contributed by atoms with Crippen LogP contribution in [0.5, 0.6) is 5.88 Å². The molecule has 90 valence electrons. The molecule has 0 spiro atoms. The number of nitrogens with zero attached hydrogens (tertiary/aromatic N) is 1. The van der Waals surface area contributed by atoms with Gasteiger partial charge in [-0.15, -0.1) is 0 Å². The molecule has 3 nitrogen and oxygen atoms in total. The molecule has 1 heterocycles. The van der Waals surface area contributed by atoms with Crippen LogP contribution in [0.2, 0.25) is 0 Å². The molecule has 16 heavy (non-hydrogen) atoms. The Morgan fingerprint density at radius 1 is 1.44 bits per heavy atom. The van der Waals surface area contributed by atoms with E-state index in [0.717, 1.165) is 12.3 Å². The molecule has 1 unspecified atom stereocenters. The molecule has 0 aliphatic rings. The number of nitrogens with one attached hydrogen (secondary N) is 1. The van der Waals surface area contributed by atoms with Crippen LogP contribution in [-0.4, -0.2) is 24.7 Å². The number of hydrogen-bond acceptors (Lipinski definition) is 3. The molecule has 0 radical (unpaired) electrons. The fourth-order valence-corrected chi connectivity index (χ4v) is 1.15. The largest absolute Gasteiger partial charge is 0.473 e. The van der Waals surface area contributed by atoms with E-state index in [1.165, 1.54) is 6.07 Å². The molecule has 0 aliphatic heterocycles. The van der Waals surface area contributed by atoms with Crippen LogP contribution < -0.4 is 10.1 Å². The maximum absolute atomic E-state index is 12.2. The molecule has 0 bridgehead atoms. The number of pyridine rings is 1. The van der Waals surface area contributed by atoms with Crippen molar-refractivity contribution < 1.29 is 17.9 Å². The summed E-state index contributed by atoms with van der Waals surface area (Å²) in [6, 6.07) is 2.17. The molecule has 0 fully saturated rings. The summed E-state index contributed by atoms with van der Waals surface area (Å²) in [5.41, 5.74) is -0.777. The summed E-state index contributed by atoms with van der Waals surface area (Å²) in [7, 11) is 1.76. The number of ether oxygens (including phenoxy) is 1. The van der Waals surface area contributed by atoms with E-state index in [1.54, 1.807) is 14.0 Å². The van der Waals surface area contributed by atoms with E-state index < -0.39 is 11.7 Å². The summed E-state index contributed by atoms with van der Waals surface area (Å²) in [6.07, 6.45) is -3.74. The molecule has 1 aromatic heterocycles. The van der Waals surface area contributed by atoms with E-state index >= 15 is 0 Å². The third kappa shape index (κ3) is 3.69. The van der Waals surface area contributed by atoms with Crippen molar-refractivity contribution in [3.05, 3.63) is 23.9 Å². The number of hydrogen-bond donors (Lipinski definition) is 1. The van der Waals surface area contributed by atoms with Crippen LogP contribution in [0.25, 0.3) is 0 Å². The van der Waals surface area contributed by atoms with Gasteiger partial charge in [-0.1, -0.05) is 0 Å². The predicted octanol–water partition coefficient (Wildman–Crippen LogP) is 2.09. The second-order valence-corrected chi connectivity index (χ2v) is 3.37. The highest BCUT2D eigenvalue weighted by Gasteiger charge is 2.30. The standard InChI is InChI=1S/C10H13F3N2O/c1-7(5-14-2)16-9-4-3-8(6-15-9)10(11,12)13/h3-4,6-7,14H,5H2,1-2H3. The lowest BCUT2D eigenvalue weighted by Crippen LogP contribution is -2.26. The van der Waals surface area contributed by atoms with Crippen molar-refractivity contribution >= 4 is 0 Å². The molecule has 0 aliphatic carbocycles. The van der Waals surface area contributed by atoms with Gasteiger partial charge in [0.2, 0.25) is 5.88 Å². The van der Waals surface area contributed by atoms with Gasteiger partial charge in [0.15, 0.2) is 0 Å². The Balaban J connectivity index is 2.65. The number of likely N-dealkylation sites (N-methyl/N-ethyl adjacent to an activating group) is 1. The summed E-state index contributed by atoms with van der Waals surface area (Å²) in [4.78, 5) is 3.60. The molecule has 1 N–H and O–H groups in total. The van der Waals surface area contributed by atoms with Crippen molar-refractivity contribution in [2.75, 3.05) is 13.6 Å². The topological polar surface area (TPSA) is 34.1 Å². The van der Waals surface area contributed by atoms with Crippen molar-refractivity contribution in [3.63, 3.8) is 0 Å². The fraction of sp³-hybridized carbons (Fsp3) is 0.500. The average Bonchev–Trinajstić information content (AvgIpc) is 2.17. The van der Waals surface area contributed by atoms with Crippen LogP contribution in [0.4, 0.5) is 13.2 Å². The molecule has 1 aromatic rings. The van der Waals surface area contributed by atoms with Crippen LogP contribution in [0.3, 0.4) is 0 Å². The van der Waals surface area contributed by atoms with E-state index in [9.17, 15) is 13.2 Å². The molecule has 0 aromatic carbocycles. The maximum atomic E-state index is 12.2. The first kappa shape index (κ1) is 12.8. The summed E-state index contributed by atoms with van der Waals surface area (Å²) < 4.78 is 41.9. The summed E-state index contributed by atoms with van der Waals surface area (Å²) in [6.45, 7) is 2.40. The number of alkyl halides is 3. The molecular weight excluding hydrogens is 221 g/mol. The zero-order chi connectivity index (χ0) is 12.2. The van der Waals surface area contributed by atoms with Gasteiger partial charge in [0.1, 0.15) is 6.10 Å². The van der Waals surface area contributed by atoms with E-state index in [1.807, 2.05) is 0 Å². The van der Waals surface area contributed by atoms with Gasteiger partial charge in [0.25, 0.3) is 0 Å². The van der Waals surface area contributed by atoms with Crippen LogP contribution in [-0.2, 0) is 6.18 Å². The minimum absolute atomic E-state index is 0.144. The monoisotopic (exact) mass is 234 g/mol. The highest BCUT2D eigenvalue weighted by atomic mass is 19.4. The summed E-state index contributed by atoms with van der Waals surface area (Å²) in [5, 5.41) is 2.89. The van der Waals surface area contributed by atoms with Gasteiger partial charge in [0, 0.05) is 18.8 Å². The molecular formula is C10H13F3N2O. The first-order chi connectivity index (χ1) is 7.43. The predicted molar refractivity (Wildman–Crippen MR) is 53.3 cm³/mol. The lowest BCUT2D eigenvalue weighted by molar-refractivity contribution is -0.137. The SMILES string of the molecule is CNCC(C)Oc1ccc(C(F)(F)F)cn1. The average molecular weight is 234 g/mol. The van der Waals surface area contributed by atoms with Crippen molar-refractivity contribution in [2.24, 2.45) is 0 Å². The van der Waals surface area contributed by atoms with Gasteiger partial charge in [0.05, 0.1) is 5.56 Å². The normalized spacial score (nSPS) is 13.6. The third-order valence-electron chi connectivity index (χ3n) is 1.88. The van der Waals surface area contributed by atoms with Gasteiger partial charge in [-0.2, -0.15) is 13.2 Å². The van der Waals surface area contributed by atoms with E-state index in [0.29, 0.717) is 6.54 Å². The zero-order valence-electron chi connectivity index (χ0n) is 9.01. The molecule has 0 amide bonds. The summed E-state index contributed by atoms with van der Waals surface area (Å²) in [5.74, 6) is 0.191. The lowest BCUT2D eigenvalue weighted by atomic mass is 10.3. The Labute approximate surface area is 91.6 Å². The smallest absolute Gasteiger partial charge is 0.417 e. The van der Waals surface area contributed by atoms with Crippen molar-refractivity contribution in [2.45, 2.75) is 19.2 Å². The Morgan fingerprint density at radius 2 is 2.12 bits per heavy atom. The van der Waals surface area contributed by atoms with E-state index in [4.69, 9.17) is 4.74 Å². The molecule has 6 heteroatoms. The lowest BCUT2D eigenvalue weighted by Gasteiger charge is -2.13. The molecule has 0 saturated heterocycles. The second kappa shape index (κ2) is 5.16. The highest BCUT2D eigenvalue weighted by molar-refractivity contribution is 5.20. The first-order valence-electron chi connectivity index (χ1n) is 4.78. The van der Waals surface area contributed by atoms with Crippen molar-refractivity contribution in [1.82, 2.24) is 10.3 Å². The Bertz CT molecular complexity index is 324. The van der Waals surface area contributed by atoms with Crippen LogP contribution in [0, 0.1) is 0 Å². The number of aromatic nitrogens is 1. The first-order valence-corrected chi connectivity index (χ1v) is 4.78. The highest BCUT2D eigenvalue weighted by Crippen LogP contribution is 2.29. The molecule has 0 saturated carbocycles. The minimum Gasteiger partial charge on any atom is -0.473 e. The second-order valence-electron chi connectivity index (χ2n) is 3.37.